The number of carboxylic acid groups (broad SMARTS) is 1. The Balaban J connectivity index is 3.75. The van der Waals surface area contributed by atoms with Gasteiger partial charge in [-0.3, -0.25) is 4.79 Å². The van der Waals surface area contributed by atoms with Crippen molar-refractivity contribution in [2.45, 2.75) is 97.0 Å². The smallest absolute Gasteiger partial charge is 0.306 e. The van der Waals surface area contributed by atoms with E-state index in [1.165, 1.54) is 44.9 Å². The van der Waals surface area contributed by atoms with Crippen LogP contribution in [0.25, 0.3) is 0 Å². The molecule has 0 fully saturated rings. The van der Waals surface area contributed by atoms with Gasteiger partial charge in [-0.2, -0.15) is 0 Å². The molecule has 27 heavy (non-hydrogen) atoms. The van der Waals surface area contributed by atoms with E-state index < -0.39 is 12.1 Å². The number of carbonyl (C=O) groups excluding carboxylic acids is 2. The quantitative estimate of drug-likeness (QED) is 0.218. The Morgan fingerprint density at radius 1 is 0.926 bits per heavy atom. The predicted molar refractivity (Wildman–Crippen MR) is 108 cm³/mol. The van der Waals surface area contributed by atoms with Crippen LogP contribution in [0.1, 0.15) is 90.9 Å². The second kappa shape index (κ2) is 14.9. The van der Waals surface area contributed by atoms with Gasteiger partial charge in [0.1, 0.15) is 6.54 Å². The Morgan fingerprint density at radius 3 is 2.00 bits per heavy atom. The molecule has 0 bridgehead atoms. The van der Waals surface area contributed by atoms with E-state index in [1.54, 1.807) is 0 Å². The summed E-state index contributed by atoms with van der Waals surface area (Å²) in [6.07, 6.45) is 11.6. The molecule has 0 aromatic carbocycles. The molecule has 0 heterocycles. The Kier molecular flexibility index (Phi) is 14.3. The highest BCUT2D eigenvalue weighted by atomic mass is 16.5. The minimum Gasteiger partial charge on any atom is -0.550 e. The number of ether oxygens (including phenoxy) is 1. The highest BCUT2D eigenvalue weighted by Gasteiger charge is 2.22. The van der Waals surface area contributed by atoms with Crippen molar-refractivity contribution in [2.24, 2.45) is 5.92 Å². The van der Waals surface area contributed by atoms with E-state index in [0.717, 1.165) is 25.2 Å². The first-order valence-electron chi connectivity index (χ1n) is 10.8. The summed E-state index contributed by atoms with van der Waals surface area (Å²) in [7, 11) is 5.84. The van der Waals surface area contributed by atoms with Gasteiger partial charge in [0.05, 0.1) is 21.1 Å². The number of quaternary nitrogens is 1. The number of nitrogens with zero attached hydrogens (tertiary/aromatic N) is 1. The number of likely N-dealkylation sites (N-methyl/N-ethyl adjacent to an activating group) is 1. The number of carbonyl (C=O) groups is 2. The van der Waals surface area contributed by atoms with Crippen LogP contribution < -0.4 is 5.11 Å². The lowest BCUT2D eigenvalue weighted by atomic mass is 9.98. The average molecular weight is 386 g/mol. The third-order valence-electron chi connectivity index (χ3n) is 4.80. The first kappa shape index (κ1) is 25.9. The SMILES string of the molecule is CCCC(C)CCCCCCCCCC(=O)OC(CC(=O)[O-])C[N+](C)(C)C. The zero-order chi connectivity index (χ0) is 20.7. The van der Waals surface area contributed by atoms with Gasteiger partial charge in [-0.1, -0.05) is 71.6 Å². The van der Waals surface area contributed by atoms with E-state index in [1.807, 2.05) is 21.1 Å². The molecule has 0 aromatic heterocycles. The van der Waals surface area contributed by atoms with Crippen LogP contribution in [0.5, 0.6) is 0 Å². The van der Waals surface area contributed by atoms with Gasteiger partial charge in [0.15, 0.2) is 6.10 Å². The van der Waals surface area contributed by atoms with Crippen molar-refractivity contribution >= 4 is 11.9 Å². The van der Waals surface area contributed by atoms with Gasteiger partial charge >= 0.3 is 5.97 Å². The van der Waals surface area contributed by atoms with Crippen LogP contribution in [0.3, 0.4) is 0 Å². The second-order valence-corrected chi connectivity index (χ2v) is 9.07. The molecule has 0 amide bonds. The summed E-state index contributed by atoms with van der Waals surface area (Å²) in [5.74, 6) is -0.608. The molecule has 5 heteroatoms. The molecule has 0 aliphatic carbocycles. The van der Waals surface area contributed by atoms with Gasteiger partial charge in [0, 0.05) is 18.8 Å². The second-order valence-electron chi connectivity index (χ2n) is 9.07. The van der Waals surface area contributed by atoms with Crippen molar-refractivity contribution in [3.63, 3.8) is 0 Å². The molecule has 0 spiro atoms. The number of esters is 1. The molecule has 2 atom stereocenters. The molecule has 0 saturated heterocycles. The van der Waals surface area contributed by atoms with Crippen molar-refractivity contribution < 1.29 is 23.9 Å². The lowest BCUT2D eigenvalue weighted by Gasteiger charge is -2.29. The number of aliphatic carboxylic acids is 1. The number of hydrogen-bond acceptors (Lipinski definition) is 4. The molecule has 160 valence electrons. The van der Waals surface area contributed by atoms with Crippen LogP contribution in [0, 0.1) is 5.92 Å². The van der Waals surface area contributed by atoms with Crippen LogP contribution in [0.4, 0.5) is 0 Å². The lowest BCUT2D eigenvalue weighted by Crippen LogP contribution is -2.45. The summed E-state index contributed by atoms with van der Waals surface area (Å²) in [5.41, 5.74) is 0. The first-order chi connectivity index (χ1) is 12.6. The number of rotatable bonds is 17. The van der Waals surface area contributed by atoms with E-state index in [9.17, 15) is 14.7 Å². The molecule has 0 aromatic rings. The van der Waals surface area contributed by atoms with E-state index >= 15 is 0 Å². The zero-order valence-corrected chi connectivity index (χ0v) is 18.4. The maximum Gasteiger partial charge on any atom is 0.306 e. The Hall–Kier alpha value is -1.10. The molecule has 0 aliphatic rings. The van der Waals surface area contributed by atoms with Crippen molar-refractivity contribution in [3.05, 3.63) is 0 Å². The van der Waals surface area contributed by atoms with Gasteiger partial charge in [0.2, 0.25) is 0 Å². The molecule has 0 radical (unpaired) electrons. The van der Waals surface area contributed by atoms with Crippen LogP contribution in [0.2, 0.25) is 0 Å². The third kappa shape index (κ3) is 18.0. The molecular formula is C22H43NO4. The van der Waals surface area contributed by atoms with E-state index in [4.69, 9.17) is 4.74 Å². The monoisotopic (exact) mass is 385 g/mol. The van der Waals surface area contributed by atoms with Crippen LogP contribution >= 0.6 is 0 Å². The van der Waals surface area contributed by atoms with E-state index in [2.05, 4.69) is 13.8 Å². The molecule has 0 aliphatic heterocycles. The van der Waals surface area contributed by atoms with Gasteiger partial charge in [0.25, 0.3) is 0 Å². The third-order valence-corrected chi connectivity index (χ3v) is 4.80. The largest absolute Gasteiger partial charge is 0.550 e. The summed E-state index contributed by atoms with van der Waals surface area (Å²) < 4.78 is 5.91. The van der Waals surface area contributed by atoms with Crippen LogP contribution in [-0.2, 0) is 14.3 Å². The fourth-order valence-corrected chi connectivity index (χ4v) is 3.47. The molecule has 2 unspecified atom stereocenters. The fraction of sp³-hybridized carbons (Fsp3) is 0.909. The minimum absolute atomic E-state index is 0.238. The molecule has 0 N–H and O–H groups in total. The average Bonchev–Trinajstić information content (AvgIpc) is 2.51. The van der Waals surface area contributed by atoms with Gasteiger partial charge < -0.3 is 19.1 Å². The van der Waals surface area contributed by atoms with Crippen LogP contribution in [0.15, 0.2) is 0 Å². The predicted octanol–water partition coefficient (Wildman–Crippen LogP) is 3.69. The molecule has 0 saturated carbocycles. The van der Waals surface area contributed by atoms with Gasteiger partial charge in [-0.25, -0.2) is 0 Å². The maximum absolute atomic E-state index is 12.0. The van der Waals surface area contributed by atoms with Crippen molar-refractivity contribution in [3.8, 4) is 0 Å². The Morgan fingerprint density at radius 2 is 1.48 bits per heavy atom. The Labute approximate surface area is 167 Å². The normalized spacial score (nSPS) is 14.0. The summed E-state index contributed by atoms with van der Waals surface area (Å²) in [6.45, 7) is 5.07. The van der Waals surface area contributed by atoms with Crippen molar-refractivity contribution in [1.82, 2.24) is 0 Å². The lowest BCUT2D eigenvalue weighted by molar-refractivity contribution is -0.873. The molecular weight excluding hydrogens is 342 g/mol. The van der Waals surface area contributed by atoms with Crippen molar-refractivity contribution in [1.29, 1.82) is 0 Å². The van der Waals surface area contributed by atoms with Crippen LogP contribution in [-0.4, -0.2) is 50.2 Å². The zero-order valence-electron chi connectivity index (χ0n) is 18.4. The summed E-state index contributed by atoms with van der Waals surface area (Å²) in [5, 5.41) is 10.8. The summed E-state index contributed by atoms with van der Waals surface area (Å²) >= 11 is 0. The maximum atomic E-state index is 12.0. The van der Waals surface area contributed by atoms with E-state index in [-0.39, 0.29) is 12.4 Å². The first-order valence-corrected chi connectivity index (χ1v) is 10.8. The number of unbranched alkanes of at least 4 members (excludes halogenated alkanes) is 6. The summed E-state index contributed by atoms with van der Waals surface area (Å²) in [4.78, 5) is 22.8. The highest BCUT2D eigenvalue weighted by molar-refractivity contribution is 5.70. The topological polar surface area (TPSA) is 66.4 Å². The minimum atomic E-state index is -1.18. The van der Waals surface area contributed by atoms with Gasteiger partial charge in [-0.05, 0) is 12.3 Å². The van der Waals surface area contributed by atoms with E-state index in [0.29, 0.717) is 17.4 Å². The van der Waals surface area contributed by atoms with Gasteiger partial charge in [-0.15, -0.1) is 0 Å². The fourth-order valence-electron chi connectivity index (χ4n) is 3.47. The summed E-state index contributed by atoms with van der Waals surface area (Å²) in [6, 6.07) is 0. The standard InChI is InChI=1S/C22H43NO4/c1-6-14-19(2)15-12-10-8-7-9-11-13-16-22(26)27-20(17-21(24)25)18-23(3,4)5/h19-20H,6-18H2,1-5H3. The van der Waals surface area contributed by atoms with Crippen molar-refractivity contribution in [2.75, 3.05) is 27.7 Å². The number of carboxylic acids is 1. The Bertz CT molecular complexity index is 404. The highest BCUT2D eigenvalue weighted by Crippen LogP contribution is 2.16. The molecule has 0 rings (SSSR count). The number of hydrogen-bond donors (Lipinski definition) is 0. The molecule has 5 nitrogen and oxygen atoms in total.